The highest BCUT2D eigenvalue weighted by Crippen LogP contribution is 2.31. The summed E-state index contributed by atoms with van der Waals surface area (Å²) in [6, 6.07) is 6.98. The van der Waals surface area contributed by atoms with Crippen molar-refractivity contribution < 1.29 is 4.39 Å². The molecule has 0 aliphatic carbocycles. The topological polar surface area (TPSA) is 74.7 Å². The second-order valence-corrected chi connectivity index (χ2v) is 5.93. The molecule has 4 nitrogen and oxygen atoms in total. The number of nitrogens with one attached hydrogen (secondary N) is 2. The number of hydrogen-bond acceptors (Lipinski definition) is 2. The molecule has 0 bridgehead atoms. The van der Waals surface area contributed by atoms with E-state index in [0.717, 1.165) is 0 Å². The largest absolute Gasteiger partial charge is 0.323 e. The SMILES string of the molecule is NC(c1cc(Cl)ccc1F)c1cc2[nH]c(=O)[nH]c2cc1Br. The van der Waals surface area contributed by atoms with Crippen molar-refractivity contribution in [2.45, 2.75) is 6.04 Å². The Morgan fingerprint density at radius 1 is 1.14 bits per heavy atom. The standard InChI is InChI=1S/C14H10BrClFN3O/c15-9-5-12-11(19-14(21)20-12)4-7(9)13(18)8-3-6(16)1-2-10(8)17/h1-5,13H,18H2,(H2,19,20,21). The molecule has 0 aliphatic heterocycles. The number of halogens is 3. The van der Waals surface area contributed by atoms with Crippen LogP contribution in [0, 0.1) is 5.82 Å². The Morgan fingerprint density at radius 3 is 2.52 bits per heavy atom. The predicted molar refractivity (Wildman–Crippen MR) is 84.1 cm³/mol. The van der Waals surface area contributed by atoms with E-state index < -0.39 is 11.9 Å². The van der Waals surface area contributed by atoms with Crippen LogP contribution in [0.1, 0.15) is 17.2 Å². The first-order valence-corrected chi connectivity index (χ1v) is 7.25. The molecule has 3 rings (SSSR count). The molecule has 108 valence electrons. The number of aromatic amines is 2. The van der Waals surface area contributed by atoms with Crippen molar-refractivity contribution in [2.75, 3.05) is 0 Å². The van der Waals surface area contributed by atoms with Crippen molar-refractivity contribution in [1.29, 1.82) is 0 Å². The summed E-state index contributed by atoms with van der Waals surface area (Å²) >= 11 is 9.30. The smallest absolute Gasteiger partial charge is 0.320 e. The van der Waals surface area contributed by atoms with E-state index in [1.165, 1.54) is 18.2 Å². The first-order valence-electron chi connectivity index (χ1n) is 6.07. The van der Waals surface area contributed by atoms with Gasteiger partial charge in [0.15, 0.2) is 0 Å². The molecule has 1 atom stereocenters. The number of imidazole rings is 1. The highest BCUT2D eigenvalue weighted by atomic mass is 79.9. The highest BCUT2D eigenvalue weighted by Gasteiger charge is 2.18. The Labute approximate surface area is 132 Å². The van der Waals surface area contributed by atoms with E-state index in [1.807, 2.05) is 0 Å². The summed E-state index contributed by atoms with van der Waals surface area (Å²) in [6.45, 7) is 0. The fourth-order valence-corrected chi connectivity index (χ4v) is 3.00. The maximum atomic E-state index is 13.9. The van der Waals surface area contributed by atoms with Gasteiger partial charge in [0.05, 0.1) is 17.1 Å². The van der Waals surface area contributed by atoms with Gasteiger partial charge in [-0.1, -0.05) is 27.5 Å². The van der Waals surface area contributed by atoms with E-state index in [-0.39, 0.29) is 5.69 Å². The molecular formula is C14H10BrClFN3O. The van der Waals surface area contributed by atoms with Crippen LogP contribution in [0.4, 0.5) is 4.39 Å². The third-order valence-corrected chi connectivity index (χ3v) is 4.18. The van der Waals surface area contributed by atoms with E-state index in [4.69, 9.17) is 17.3 Å². The third kappa shape index (κ3) is 2.62. The summed E-state index contributed by atoms with van der Waals surface area (Å²) in [5.74, 6) is -0.429. The van der Waals surface area contributed by atoms with Gasteiger partial charge in [-0.05, 0) is 35.9 Å². The molecule has 0 saturated heterocycles. The van der Waals surface area contributed by atoms with Crippen molar-refractivity contribution in [1.82, 2.24) is 9.97 Å². The number of H-pyrrole nitrogens is 2. The van der Waals surface area contributed by atoms with Crippen molar-refractivity contribution in [2.24, 2.45) is 5.73 Å². The van der Waals surface area contributed by atoms with Crippen LogP contribution in [0.3, 0.4) is 0 Å². The van der Waals surface area contributed by atoms with E-state index >= 15 is 0 Å². The van der Waals surface area contributed by atoms with Crippen LogP contribution in [-0.2, 0) is 0 Å². The number of nitrogens with two attached hydrogens (primary N) is 1. The van der Waals surface area contributed by atoms with Gasteiger partial charge < -0.3 is 15.7 Å². The van der Waals surface area contributed by atoms with Crippen LogP contribution in [0.25, 0.3) is 11.0 Å². The van der Waals surface area contributed by atoms with Crippen molar-refractivity contribution >= 4 is 38.6 Å². The summed E-state index contributed by atoms with van der Waals surface area (Å²) in [5, 5.41) is 0.411. The third-order valence-electron chi connectivity index (χ3n) is 3.26. The predicted octanol–water partition coefficient (Wildman–Crippen LogP) is 3.46. The van der Waals surface area contributed by atoms with Crippen molar-refractivity contribution in [3.63, 3.8) is 0 Å². The van der Waals surface area contributed by atoms with Crippen LogP contribution < -0.4 is 11.4 Å². The zero-order chi connectivity index (χ0) is 15.1. The van der Waals surface area contributed by atoms with E-state index in [1.54, 1.807) is 12.1 Å². The first-order chi connectivity index (χ1) is 9.95. The van der Waals surface area contributed by atoms with E-state index in [0.29, 0.717) is 31.7 Å². The summed E-state index contributed by atoms with van der Waals surface area (Å²) in [4.78, 5) is 16.6. The van der Waals surface area contributed by atoms with Crippen LogP contribution in [0.5, 0.6) is 0 Å². The molecule has 1 aromatic heterocycles. The Kier molecular flexibility index (Phi) is 3.61. The summed E-state index contributed by atoms with van der Waals surface area (Å²) < 4.78 is 14.6. The zero-order valence-corrected chi connectivity index (χ0v) is 12.9. The molecule has 21 heavy (non-hydrogen) atoms. The summed E-state index contributed by atoms with van der Waals surface area (Å²) in [5.41, 5.74) is 8.04. The van der Waals surface area contributed by atoms with Crippen molar-refractivity contribution in [3.05, 3.63) is 67.3 Å². The lowest BCUT2D eigenvalue weighted by Gasteiger charge is -2.15. The molecule has 0 fully saturated rings. The maximum absolute atomic E-state index is 13.9. The first kappa shape index (κ1) is 14.3. The second-order valence-electron chi connectivity index (χ2n) is 4.64. The number of aromatic nitrogens is 2. The fraction of sp³-hybridized carbons (Fsp3) is 0.0714. The van der Waals surface area contributed by atoms with Crippen LogP contribution in [-0.4, -0.2) is 9.97 Å². The average molecular weight is 371 g/mol. The molecule has 0 saturated carbocycles. The monoisotopic (exact) mass is 369 g/mol. The van der Waals surface area contributed by atoms with Crippen LogP contribution in [0.15, 0.2) is 39.6 Å². The van der Waals surface area contributed by atoms with Gasteiger partial charge in [-0.2, -0.15) is 0 Å². The van der Waals surface area contributed by atoms with Gasteiger partial charge in [0.1, 0.15) is 5.82 Å². The van der Waals surface area contributed by atoms with Gasteiger partial charge in [-0.3, -0.25) is 0 Å². The number of fused-ring (bicyclic) bond motifs is 1. The van der Waals surface area contributed by atoms with Gasteiger partial charge in [-0.25, -0.2) is 9.18 Å². The Bertz CT molecular complexity index is 890. The van der Waals surface area contributed by atoms with Gasteiger partial charge in [-0.15, -0.1) is 0 Å². The van der Waals surface area contributed by atoms with Crippen LogP contribution in [0.2, 0.25) is 5.02 Å². The number of rotatable bonds is 2. The molecular weight excluding hydrogens is 361 g/mol. The molecule has 1 unspecified atom stereocenters. The Hall–Kier alpha value is -1.63. The highest BCUT2D eigenvalue weighted by molar-refractivity contribution is 9.10. The van der Waals surface area contributed by atoms with E-state index in [2.05, 4.69) is 25.9 Å². The molecule has 0 amide bonds. The number of benzene rings is 2. The van der Waals surface area contributed by atoms with Crippen molar-refractivity contribution in [3.8, 4) is 0 Å². The second kappa shape index (κ2) is 5.29. The molecule has 0 spiro atoms. The lowest BCUT2D eigenvalue weighted by Crippen LogP contribution is -2.14. The average Bonchev–Trinajstić information content (AvgIpc) is 2.79. The quantitative estimate of drug-likeness (QED) is 0.646. The molecule has 0 aliphatic rings. The normalized spacial score (nSPS) is 12.8. The Balaban J connectivity index is 2.16. The van der Waals surface area contributed by atoms with Gasteiger partial charge in [0, 0.05) is 15.1 Å². The molecule has 7 heteroatoms. The molecule has 2 aromatic carbocycles. The molecule has 3 aromatic rings. The molecule has 1 heterocycles. The lowest BCUT2D eigenvalue weighted by molar-refractivity contribution is 0.599. The summed E-state index contributed by atoms with van der Waals surface area (Å²) in [6.07, 6.45) is 0. The number of hydrogen-bond donors (Lipinski definition) is 3. The van der Waals surface area contributed by atoms with Gasteiger partial charge in [0.25, 0.3) is 0 Å². The van der Waals surface area contributed by atoms with E-state index in [9.17, 15) is 9.18 Å². The molecule has 4 N–H and O–H groups in total. The lowest BCUT2D eigenvalue weighted by atomic mass is 9.98. The zero-order valence-electron chi connectivity index (χ0n) is 10.6. The fourth-order valence-electron chi connectivity index (χ4n) is 2.23. The molecule has 0 radical (unpaired) electrons. The van der Waals surface area contributed by atoms with Gasteiger partial charge in [0.2, 0.25) is 0 Å². The minimum Gasteiger partial charge on any atom is -0.320 e. The maximum Gasteiger partial charge on any atom is 0.323 e. The Morgan fingerprint density at radius 2 is 1.81 bits per heavy atom. The van der Waals surface area contributed by atoms with Crippen LogP contribution >= 0.6 is 27.5 Å². The van der Waals surface area contributed by atoms with Gasteiger partial charge >= 0.3 is 5.69 Å². The minimum absolute atomic E-state index is 0.292. The minimum atomic E-state index is -0.708. The summed E-state index contributed by atoms with van der Waals surface area (Å²) in [7, 11) is 0.